The molecular formula is C20H24N4O. The van der Waals surface area contributed by atoms with Gasteiger partial charge in [-0.05, 0) is 37.3 Å². The zero-order valence-corrected chi connectivity index (χ0v) is 14.4. The number of amides is 1. The molecule has 1 saturated heterocycles. The average molecular weight is 336 g/mol. The summed E-state index contributed by atoms with van der Waals surface area (Å²) in [6, 6.07) is 12.6. The van der Waals surface area contributed by atoms with Gasteiger partial charge in [0.1, 0.15) is 0 Å². The van der Waals surface area contributed by atoms with Crippen LogP contribution in [0.1, 0.15) is 31.2 Å². The SMILES string of the molecule is O=C(C1CCCN(c2ncccn2)C1)N(Cc1ccccc1)C1CC1. The fourth-order valence-corrected chi connectivity index (χ4v) is 3.60. The van der Waals surface area contributed by atoms with Crippen molar-refractivity contribution in [3.63, 3.8) is 0 Å². The van der Waals surface area contributed by atoms with Crippen LogP contribution in [0.15, 0.2) is 48.8 Å². The van der Waals surface area contributed by atoms with Gasteiger partial charge in [0.2, 0.25) is 11.9 Å². The van der Waals surface area contributed by atoms with E-state index in [4.69, 9.17) is 0 Å². The van der Waals surface area contributed by atoms with Crippen LogP contribution in [0.4, 0.5) is 5.95 Å². The number of anilines is 1. The molecule has 1 aromatic carbocycles. The fourth-order valence-electron chi connectivity index (χ4n) is 3.60. The summed E-state index contributed by atoms with van der Waals surface area (Å²) in [6.45, 7) is 2.37. The first kappa shape index (κ1) is 16.1. The first-order valence-electron chi connectivity index (χ1n) is 9.17. The maximum absolute atomic E-state index is 13.2. The van der Waals surface area contributed by atoms with Crippen LogP contribution >= 0.6 is 0 Å². The van der Waals surface area contributed by atoms with Gasteiger partial charge in [-0.15, -0.1) is 0 Å². The minimum absolute atomic E-state index is 0.0434. The highest BCUT2D eigenvalue weighted by molar-refractivity contribution is 5.80. The van der Waals surface area contributed by atoms with Crippen LogP contribution in [0.3, 0.4) is 0 Å². The molecule has 0 spiro atoms. The van der Waals surface area contributed by atoms with Gasteiger partial charge in [-0.2, -0.15) is 0 Å². The fraction of sp³-hybridized carbons (Fsp3) is 0.450. The molecule has 1 atom stereocenters. The predicted octanol–water partition coefficient (Wildman–Crippen LogP) is 2.88. The maximum Gasteiger partial charge on any atom is 0.228 e. The van der Waals surface area contributed by atoms with E-state index in [1.54, 1.807) is 12.4 Å². The van der Waals surface area contributed by atoms with Gasteiger partial charge in [-0.25, -0.2) is 9.97 Å². The van der Waals surface area contributed by atoms with Crippen molar-refractivity contribution >= 4 is 11.9 Å². The van der Waals surface area contributed by atoms with Crippen LogP contribution < -0.4 is 4.90 Å². The Hall–Kier alpha value is -2.43. The van der Waals surface area contributed by atoms with E-state index in [0.29, 0.717) is 11.9 Å². The Labute approximate surface area is 148 Å². The zero-order chi connectivity index (χ0) is 17.1. The lowest BCUT2D eigenvalue weighted by atomic mass is 9.96. The minimum Gasteiger partial charge on any atom is -0.340 e. The summed E-state index contributed by atoms with van der Waals surface area (Å²) in [7, 11) is 0. The van der Waals surface area contributed by atoms with Crippen LogP contribution in [0.5, 0.6) is 0 Å². The number of hydrogen-bond donors (Lipinski definition) is 0. The second-order valence-electron chi connectivity index (χ2n) is 7.02. The van der Waals surface area contributed by atoms with Crippen molar-refractivity contribution in [1.82, 2.24) is 14.9 Å². The Kier molecular flexibility index (Phi) is 4.63. The molecule has 2 heterocycles. The molecule has 2 aromatic rings. The molecule has 1 unspecified atom stereocenters. The number of benzene rings is 1. The van der Waals surface area contributed by atoms with Gasteiger partial charge in [0.15, 0.2) is 0 Å². The number of rotatable bonds is 5. The molecule has 1 aliphatic heterocycles. The van der Waals surface area contributed by atoms with Gasteiger partial charge in [-0.3, -0.25) is 4.79 Å². The molecule has 5 heteroatoms. The molecular weight excluding hydrogens is 312 g/mol. The summed E-state index contributed by atoms with van der Waals surface area (Å²) in [6.07, 6.45) is 7.77. The lowest BCUT2D eigenvalue weighted by Crippen LogP contribution is -2.45. The molecule has 0 bridgehead atoms. The standard InChI is InChI=1S/C20H24N4O/c25-19(24(18-9-10-18)14-16-6-2-1-3-7-16)17-8-4-13-23(15-17)20-21-11-5-12-22-20/h1-3,5-7,11-12,17-18H,4,8-10,13-15H2. The van der Waals surface area contributed by atoms with E-state index in [9.17, 15) is 4.79 Å². The molecule has 5 nitrogen and oxygen atoms in total. The monoisotopic (exact) mass is 336 g/mol. The van der Waals surface area contributed by atoms with Crippen molar-refractivity contribution in [2.45, 2.75) is 38.3 Å². The lowest BCUT2D eigenvalue weighted by molar-refractivity contribution is -0.137. The topological polar surface area (TPSA) is 49.3 Å². The second kappa shape index (κ2) is 7.21. The van der Waals surface area contributed by atoms with Crippen molar-refractivity contribution in [1.29, 1.82) is 0 Å². The highest BCUT2D eigenvalue weighted by Gasteiger charge is 2.37. The number of hydrogen-bond acceptors (Lipinski definition) is 4. The average Bonchev–Trinajstić information content (AvgIpc) is 3.52. The normalized spacial score (nSPS) is 20.3. The van der Waals surface area contributed by atoms with Crippen molar-refractivity contribution < 1.29 is 4.79 Å². The smallest absolute Gasteiger partial charge is 0.228 e. The molecule has 4 rings (SSSR count). The lowest BCUT2D eigenvalue weighted by Gasteiger charge is -2.35. The van der Waals surface area contributed by atoms with Crippen LogP contribution in [0.2, 0.25) is 0 Å². The summed E-state index contributed by atoms with van der Waals surface area (Å²) < 4.78 is 0. The largest absolute Gasteiger partial charge is 0.340 e. The minimum atomic E-state index is 0.0434. The number of carbonyl (C=O) groups excluding carboxylic acids is 1. The van der Waals surface area contributed by atoms with Crippen LogP contribution in [0, 0.1) is 5.92 Å². The highest BCUT2D eigenvalue weighted by atomic mass is 16.2. The third-order valence-electron chi connectivity index (χ3n) is 5.07. The third-order valence-corrected chi connectivity index (χ3v) is 5.07. The molecule has 2 aliphatic rings. The summed E-state index contributed by atoms with van der Waals surface area (Å²) in [5, 5.41) is 0. The van der Waals surface area contributed by atoms with Gasteiger partial charge in [0.05, 0.1) is 5.92 Å². The zero-order valence-electron chi connectivity index (χ0n) is 14.4. The molecule has 0 N–H and O–H groups in total. The number of aromatic nitrogens is 2. The molecule has 130 valence electrons. The van der Waals surface area contributed by atoms with E-state index in [2.05, 4.69) is 31.9 Å². The van der Waals surface area contributed by atoms with Gasteiger partial charge >= 0.3 is 0 Å². The maximum atomic E-state index is 13.2. The number of carbonyl (C=O) groups is 1. The summed E-state index contributed by atoms with van der Waals surface area (Å²) >= 11 is 0. The van der Waals surface area contributed by atoms with E-state index in [0.717, 1.165) is 51.3 Å². The molecule has 2 fully saturated rings. The molecule has 1 saturated carbocycles. The first-order chi connectivity index (χ1) is 12.3. The third kappa shape index (κ3) is 3.81. The van der Waals surface area contributed by atoms with Crippen LogP contribution in [-0.2, 0) is 11.3 Å². The molecule has 1 aromatic heterocycles. The Morgan fingerprint density at radius 2 is 1.84 bits per heavy atom. The molecule has 25 heavy (non-hydrogen) atoms. The van der Waals surface area contributed by atoms with Gasteiger partial charge < -0.3 is 9.80 Å². The Bertz CT molecular complexity index is 702. The van der Waals surface area contributed by atoms with Gasteiger partial charge in [0.25, 0.3) is 0 Å². The molecule has 1 amide bonds. The molecule has 0 radical (unpaired) electrons. The van der Waals surface area contributed by atoms with Crippen molar-refractivity contribution in [2.24, 2.45) is 5.92 Å². The Morgan fingerprint density at radius 1 is 1.08 bits per heavy atom. The first-order valence-corrected chi connectivity index (χ1v) is 9.17. The van der Waals surface area contributed by atoms with Gasteiger partial charge in [0, 0.05) is 38.1 Å². The van der Waals surface area contributed by atoms with E-state index >= 15 is 0 Å². The van der Waals surface area contributed by atoms with Crippen LogP contribution in [0.25, 0.3) is 0 Å². The van der Waals surface area contributed by atoms with E-state index in [1.165, 1.54) is 5.56 Å². The second-order valence-corrected chi connectivity index (χ2v) is 7.02. The van der Waals surface area contributed by atoms with E-state index in [1.807, 2.05) is 24.3 Å². The Morgan fingerprint density at radius 3 is 2.56 bits per heavy atom. The van der Waals surface area contributed by atoms with Crippen molar-refractivity contribution in [3.8, 4) is 0 Å². The van der Waals surface area contributed by atoms with Crippen molar-refractivity contribution in [3.05, 3.63) is 54.4 Å². The molecule has 1 aliphatic carbocycles. The van der Waals surface area contributed by atoms with Crippen LogP contribution in [-0.4, -0.2) is 39.9 Å². The summed E-state index contributed by atoms with van der Waals surface area (Å²) in [5.74, 6) is 1.08. The summed E-state index contributed by atoms with van der Waals surface area (Å²) in [5.41, 5.74) is 1.21. The van der Waals surface area contributed by atoms with Gasteiger partial charge in [-0.1, -0.05) is 30.3 Å². The van der Waals surface area contributed by atoms with E-state index in [-0.39, 0.29) is 5.92 Å². The summed E-state index contributed by atoms with van der Waals surface area (Å²) in [4.78, 5) is 26.2. The van der Waals surface area contributed by atoms with E-state index < -0.39 is 0 Å². The number of nitrogens with zero attached hydrogens (tertiary/aromatic N) is 4. The Balaban J connectivity index is 1.46. The van der Waals surface area contributed by atoms with Crippen molar-refractivity contribution in [2.75, 3.05) is 18.0 Å². The highest BCUT2D eigenvalue weighted by Crippen LogP contribution is 2.31. The quantitative estimate of drug-likeness (QED) is 0.842. The number of piperidine rings is 1. The predicted molar refractivity (Wildman–Crippen MR) is 97.0 cm³/mol.